The number of hydrogen-bond acceptors (Lipinski definition) is 7. The molecule has 2 heterocycles. The van der Waals surface area contributed by atoms with E-state index < -0.39 is 0 Å². The van der Waals surface area contributed by atoms with Gasteiger partial charge in [-0.15, -0.1) is 21.5 Å². The van der Waals surface area contributed by atoms with Gasteiger partial charge in [0.25, 0.3) is 0 Å². The Hall–Kier alpha value is -2.83. The third-order valence-corrected chi connectivity index (χ3v) is 9.25. The summed E-state index contributed by atoms with van der Waals surface area (Å²) >= 11 is 2.88. The van der Waals surface area contributed by atoms with Gasteiger partial charge < -0.3 is 14.6 Å². The van der Waals surface area contributed by atoms with E-state index in [4.69, 9.17) is 4.74 Å². The zero-order valence-corrected chi connectivity index (χ0v) is 24.1. The number of aromatic nitrogens is 3. The SMILES string of the molecule is CCc1ccc(O[C@H](C)c2nnc(SCC(=O)Nc3sc4c(c3C#N)CC[C@@H](C(C)(C)C)C4)n2C)cc1. The smallest absolute Gasteiger partial charge is 0.235 e. The van der Waals surface area contributed by atoms with Crippen LogP contribution in [0.5, 0.6) is 5.75 Å². The van der Waals surface area contributed by atoms with Gasteiger partial charge in [0.2, 0.25) is 5.91 Å². The van der Waals surface area contributed by atoms with Crippen LogP contribution in [-0.4, -0.2) is 26.4 Å². The molecule has 0 fully saturated rings. The fourth-order valence-electron chi connectivity index (χ4n) is 4.69. The van der Waals surface area contributed by atoms with Gasteiger partial charge in [-0.2, -0.15) is 5.26 Å². The largest absolute Gasteiger partial charge is 0.483 e. The Morgan fingerprint density at radius 3 is 2.70 bits per heavy atom. The lowest BCUT2D eigenvalue weighted by Crippen LogP contribution is -2.26. The normalized spacial score (nSPS) is 16.1. The minimum absolute atomic E-state index is 0.155. The average Bonchev–Trinajstić information content (AvgIpc) is 3.41. The van der Waals surface area contributed by atoms with E-state index in [1.807, 2.05) is 30.7 Å². The molecule has 0 saturated carbocycles. The van der Waals surface area contributed by atoms with Crippen LogP contribution in [0.1, 0.15) is 74.5 Å². The van der Waals surface area contributed by atoms with Crippen molar-refractivity contribution < 1.29 is 9.53 Å². The Labute approximate surface area is 227 Å². The van der Waals surface area contributed by atoms with Gasteiger partial charge in [0.05, 0.1) is 11.3 Å². The molecule has 4 rings (SSSR count). The van der Waals surface area contributed by atoms with Crippen LogP contribution in [0.2, 0.25) is 0 Å². The molecule has 1 N–H and O–H groups in total. The van der Waals surface area contributed by atoms with Crippen LogP contribution in [0.4, 0.5) is 5.00 Å². The van der Waals surface area contributed by atoms with E-state index in [2.05, 4.69) is 61.4 Å². The van der Waals surface area contributed by atoms with Crippen molar-refractivity contribution in [1.29, 1.82) is 5.26 Å². The van der Waals surface area contributed by atoms with Crippen LogP contribution < -0.4 is 10.1 Å². The predicted molar refractivity (Wildman–Crippen MR) is 149 cm³/mol. The number of nitriles is 1. The Kier molecular flexibility index (Phi) is 8.29. The third-order valence-electron chi connectivity index (χ3n) is 7.06. The number of benzene rings is 1. The van der Waals surface area contributed by atoms with E-state index in [9.17, 15) is 10.1 Å². The van der Waals surface area contributed by atoms with Crippen molar-refractivity contribution in [3.8, 4) is 11.8 Å². The highest BCUT2D eigenvalue weighted by atomic mass is 32.2. The maximum absolute atomic E-state index is 12.8. The molecule has 0 radical (unpaired) electrons. The zero-order valence-electron chi connectivity index (χ0n) is 22.4. The quantitative estimate of drug-likeness (QED) is 0.337. The number of fused-ring (bicyclic) bond motifs is 1. The van der Waals surface area contributed by atoms with Crippen LogP contribution in [0.25, 0.3) is 0 Å². The van der Waals surface area contributed by atoms with E-state index in [-0.39, 0.29) is 23.2 Å². The van der Waals surface area contributed by atoms with E-state index in [1.54, 1.807) is 11.3 Å². The molecule has 0 unspecified atom stereocenters. The van der Waals surface area contributed by atoms with Gasteiger partial charge >= 0.3 is 0 Å². The number of ether oxygens (including phenoxy) is 1. The number of nitrogens with zero attached hydrogens (tertiary/aromatic N) is 4. The molecule has 0 bridgehead atoms. The molecule has 1 aliphatic rings. The lowest BCUT2D eigenvalue weighted by Gasteiger charge is -2.33. The summed E-state index contributed by atoms with van der Waals surface area (Å²) in [4.78, 5) is 14.1. The summed E-state index contributed by atoms with van der Waals surface area (Å²) in [6, 6.07) is 10.4. The van der Waals surface area contributed by atoms with E-state index >= 15 is 0 Å². The molecule has 1 amide bonds. The third kappa shape index (κ3) is 6.19. The Balaban J connectivity index is 1.37. The standard InChI is InChI=1S/C28H35N5O2S2/c1-7-18-8-11-20(12-9-18)35-17(2)25-31-32-27(33(25)6)36-16-24(34)30-26-22(15-29)21-13-10-19(28(3,4)5)14-23(21)37-26/h8-9,11-12,17,19H,7,10,13-14,16H2,1-6H3,(H,30,34)/t17-,19-/m1/s1. The van der Waals surface area contributed by atoms with Crippen molar-refractivity contribution >= 4 is 34.0 Å². The first-order valence-corrected chi connectivity index (χ1v) is 14.5. The highest BCUT2D eigenvalue weighted by Crippen LogP contribution is 2.44. The summed E-state index contributed by atoms with van der Waals surface area (Å²) in [5.41, 5.74) is 3.23. The van der Waals surface area contributed by atoms with Crippen LogP contribution >= 0.6 is 23.1 Å². The number of hydrogen-bond donors (Lipinski definition) is 1. The fourth-order valence-corrected chi connectivity index (χ4v) is 6.70. The molecule has 0 spiro atoms. The number of aryl methyl sites for hydroxylation is 1. The highest BCUT2D eigenvalue weighted by Gasteiger charge is 2.32. The second-order valence-electron chi connectivity index (χ2n) is 10.6. The van der Waals surface area contributed by atoms with Crippen LogP contribution in [0.3, 0.4) is 0 Å². The number of thioether (sulfide) groups is 1. The summed E-state index contributed by atoms with van der Waals surface area (Å²) in [6.45, 7) is 10.9. The van der Waals surface area contributed by atoms with Crippen molar-refractivity contribution in [3.05, 3.63) is 51.7 Å². The van der Waals surface area contributed by atoms with Gasteiger partial charge in [0, 0.05) is 11.9 Å². The zero-order chi connectivity index (χ0) is 26.7. The minimum atomic E-state index is -0.291. The van der Waals surface area contributed by atoms with Crippen LogP contribution in [0.15, 0.2) is 29.4 Å². The summed E-state index contributed by atoms with van der Waals surface area (Å²) in [5.74, 6) is 2.07. The maximum Gasteiger partial charge on any atom is 0.235 e. The molecule has 2 atom stereocenters. The first-order valence-electron chi connectivity index (χ1n) is 12.7. The first-order chi connectivity index (χ1) is 17.6. The molecule has 7 nitrogen and oxygen atoms in total. The second kappa shape index (κ2) is 11.3. The van der Waals surface area contributed by atoms with Crippen molar-refractivity contribution in [2.45, 2.75) is 71.6 Å². The Bertz CT molecular complexity index is 1300. The molecule has 3 aromatic rings. The van der Waals surface area contributed by atoms with Gasteiger partial charge in [-0.1, -0.05) is 51.6 Å². The number of anilines is 1. The molecule has 37 heavy (non-hydrogen) atoms. The number of nitrogens with one attached hydrogen (secondary N) is 1. The van der Waals surface area contributed by atoms with Gasteiger partial charge in [0.15, 0.2) is 17.1 Å². The molecular formula is C28H35N5O2S2. The number of carbonyl (C=O) groups excluding carboxylic acids is 1. The van der Waals surface area contributed by atoms with Gasteiger partial charge in [0.1, 0.15) is 16.8 Å². The fraction of sp³-hybridized carbons (Fsp3) is 0.500. The van der Waals surface area contributed by atoms with Crippen LogP contribution in [0, 0.1) is 22.7 Å². The number of amides is 1. The van der Waals surface area contributed by atoms with Crippen molar-refractivity contribution in [2.75, 3.05) is 11.1 Å². The summed E-state index contributed by atoms with van der Waals surface area (Å²) in [5, 5.41) is 22.7. The lowest BCUT2D eigenvalue weighted by atomic mass is 9.72. The van der Waals surface area contributed by atoms with Gasteiger partial charge in [-0.25, -0.2) is 0 Å². The molecule has 196 valence electrons. The molecule has 1 aliphatic carbocycles. The van der Waals surface area contributed by atoms with Crippen molar-refractivity contribution in [3.63, 3.8) is 0 Å². The number of carbonyl (C=O) groups is 1. The summed E-state index contributed by atoms with van der Waals surface area (Å²) < 4.78 is 7.91. The lowest BCUT2D eigenvalue weighted by molar-refractivity contribution is -0.113. The minimum Gasteiger partial charge on any atom is -0.483 e. The topological polar surface area (TPSA) is 92.8 Å². The Morgan fingerprint density at radius 1 is 1.32 bits per heavy atom. The second-order valence-corrected chi connectivity index (χ2v) is 12.7. The molecule has 1 aromatic carbocycles. The highest BCUT2D eigenvalue weighted by molar-refractivity contribution is 7.99. The summed E-state index contributed by atoms with van der Waals surface area (Å²) in [6.07, 6.45) is 3.63. The molecule has 2 aromatic heterocycles. The first kappa shape index (κ1) is 27.2. The van der Waals surface area contributed by atoms with Gasteiger partial charge in [-0.3, -0.25) is 4.79 Å². The van der Waals surface area contributed by atoms with Crippen molar-refractivity contribution in [1.82, 2.24) is 14.8 Å². The molecule has 0 aliphatic heterocycles. The Morgan fingerprint density at radius 2 is 2.05 bits per heavy atom. The molecule has 0 saturated heterocycles. The van der Waals surface area contributed by atoms with E-state index in [1.165, 1.54) is 22.2 Å². The maximum atomic E-state index is 12.8. The van der Waals surface area contributed by atoms with E-state index in [0.717, 1.165) is 37.0 Å². The van der Waals surface area contributed by atoms with Crippen molar-refractivity contribution in [2.24, 2.45) is 18.4 Å². The predicted octanol–water partition coefficient (Wildman–Crippen LogP) is 6.33. The number of thiophene rings is 1. The molecule has 9 heteroatoms. The summed E-state index contributed by atoms with van der Waals surface area (Å²) in [7, 11) is 1.88. The van der Waals surface area contributed by atoms with Crippen LogP contribution in [-0.2, 0) is 31.1 Å². The molecular weight excluding hydrogens is 502 g/mol. The van der Waals surface area contributed by atoms with E-state index in [0.29, 0.717) is 27.5 Å². The average molecular weight is 538 g/mol. The van der Waals surface area contributed by atoms with Gasteiger partial charge in [-0.05, 0) is 67.2 Å². The monoisotopic (exact) mass is 537 g/mol. The number of rotatable bonds is 8.